The van der Waals surface area contributed by atoms with Gasteiger partial charge in [0.05, 0.1) is 0 Å². The second kappa shape index (κ2) is 6.94. The number of rotatable bonds is 5. The van der Waals surface area contributed by atoms with Crippen molar-refractivity contribution in [1.82, 2.24) is 0 Å². The van der Waals surface area contributed by atoms with Gasteiger partial charge in [0.2, 0.25) is 0 Å². The summed E-state index contributed by atoms with van der Waals surface area (Å²) in [6, 6.07) is 16.0. The first kappa shape index (κ1) is 14.4. The number of nitrogens with two attached hydrogens (primary N) is 1. The molecule has 19 heavy (non-hydrogen) atoms. The van der Waals surface area contributed by atoms with Crippen molar-refractivity contribution >= 4 is 40.6 Å². The molecule has 0 radical (unpaired) electrons. The Morgan fingerprint density at radius 2 is 1.74 bits per heavy atom. The van der Waals surface area contributed by atoms with Gasteiger partial charge in [-0.2, -0.15) is 11.8 Å². The van der Waals surface area contributed by atoms with Crippen LogP contribution in [-0.4, -0.2) is 4.99 Å². The predicted molar refractivity (Wildman–Crippen MR) is 88.8 cm³/mol. The summed E-state index contributed by atoms with van der Waals surface area (Å²) >= 11 is 12.9. The topological polar surface area (TPSA) is 26.0 Å². The van der Waals surface area contributed by atoms with E-state index < -0.39 is 0 Å². The third kappa shape index (κ3) is 4.23. The number of thioether (sulfide) groups is 1. The molecule has 0 bridgehead atoms. The number of hydrogen-bond acceptors (Lipinski definition) is 2. The minimum absolute atomic E-state index is 0.440. The summed E-state index contributed by atoms with van der Waals surface area (Å²) in [6.07, 6.45) is 0. The molecule has 0 spiro atoms. The van der Waals surface area contributed by atoms with E-state index in [1.165, 1.54) is 11.1 Å². The first-order valence-electron chi connectivity index (χ1n) is 5.86. The predicted octanol–water partition coefficient (Wildman–Crippen LogP) is 4.41. The second-order valence-electron chi connectivity index (χ2n) is 4.15. The van der Waals surface area contributed by atoms with Gasteiger partial charge >= 0.3 is 0 Å². The van der Waals surface area contributed by atoms with Gasteiger partial charge in [-0.05, 0) is 17.2 Å². The van der Waals surface area contributed by atoms with Crippen molar-refractivity contribution in [3.63, 3.8) is 0 Å². The summed E-state index contributed by atoms with van der Waals surface area (Å²) in [5.41, 5.74) is 8.92. The molecule has 98 valence electrons. The fourth-order valence-electron chi connectivity index (χ4n) is 1.66. The van der Waals surface area contributed by atoms with Crippen LogP contribution < -0.4 is 5.73 Å². The zero-order valence-corrected chi connectivity index (χ0v) is 12.7. The van der Waals surface area contributed by atoms with Crippen LogP contribution in [-0.2, 0) is 11.5 Å². The van der Waals surface area contributed by atoms with Crippen molar-refractivity contribution in [2.75, 3.05) is 0 Å². The first-order valence-corrected chi connectivity index (χ1v) is 7.81. The molecule has 2 rings (SSSR count). The lowest BCUT2D eigenvalue weighted by atomic mass is 10.1. The van der Waals surface area contributed by atoms with Crippen LogP contribution >= 0.6 is 35.6 Å². The van der Waals surface area contributed by atoms with Gasteiger partial charge in [0, 0.05) is 22.1 Å². The largest absolute Gasteiger partial charge is 0.389 e. The molecule has 0 saturated heterocycles. The van der Waals surface area contributed by atoms with Crippen molar-refractivity contribution in [3.8, 4) is 0 Å². The molecule has 0 fully saturated rings. The summed E-state index contributed by atoms with van der Waals surface area (Å²) in [4.78, 5) is 0.440. The second-order valence-corrected chi connectivity index (χ2v) is 5.98. The third-order valence-electron chi connectivity index (χ3n) is 2.72. The Labute approximate surface area is 128 Å². The van der Waals surface area contributed by atoms with Crippen molar-refractivity contribution in [2.45, 2.75) is 11.5 Å². The van der Waals surface area contributed by atoms with Crippen LogP contribution in [0.5, 0.6) is 0 Å². The summed E-state index contributed by atoms with van der Waals surface area (Å²) in [5, 5.41) is 0.832. The lowest BCUT2D eigenvalue weighted by Gasteiger charge is -2.05. The molecule has 2 N–H and O–H groups in total. The van der Waals surface area contributed by atoms with Gasteiger partial charge in [0.1, 0.15) is 4.99 Å². The van der Waals surface area contributed by atoms with E-state index in [0.717, 1.165) is 22.1 Å². The minimum Gasteiger partial charge on any atom is -0.389 e. The number of thiocarbonyl (C=S) groups is 1. The molecule has 2 aromatic rings. The van der Waals surface area contributed by atoms with E-state index in [1.54, 1.807) is 0 Å². The van der Waals surface area contributed by atoms with Crippen LogP contribution in [0.1, 0.15) is 16.7 Å². The molecular weight excluding hydrogens is 294 g/mol. The molecule has 0 aliphatic heterocycles. The number of benzene rings is 2. The van der Waals surface area contributed by atoms with Crippen LogP contribution in [0.25, 0.3) is 0 Å². The number of halogens is 1. The maximum Gasteiger partial charge on any atom is 0.103 e. The van der Waals surface area contributed by atoms with Crippen molar-refractivity contribution in [1.29, 1.82) is 0 Å². The minimum atomic E-state index is 0.440. The molecule has 0 amide bonds. The van der Waals surface area contributed by atoms with E-state index in [-0.39, 0.29) is 0 Å². The van der Waals surface area contributed by atoms with Gasteiger partial charge in [-0.3, -0.25) is 0 Å². The van der Waals surface area contributed by atoms with Gasteiger partial charge < -0.3 is 5.73 Å². The molecule has 0 aromatic heterocycles. The Kier molecular flexibility index (Phi) is 5.25. The Bertz CT molecular complexity index is 567. The Morgan fingerprint density at radius 1 is 1.05 bits per heavy atom. The van der Waals surface area contributed by atoms with Gasteiger partial charge in [0.15, 0.2) is 0 Å². The maximum atomic E-state index is 6.12. The summed E-state index contributed by atoms with van der Waals surface area (Å²) < 4.78 is 0. The average Bonchev–Trinajstić information content (AvgIpc) is 2.41. The fraction of sp³-hybridized carbons (Fsp3) is 0.133. The Hall–Kier alpha value is -1.03. The van der Waals surface area contributed by atoms with E-state index >= 15 is 0 Å². The maximum absolute atomic E-state index is 6.12. The van der Waals surface area contributed by atoms with Crippen molar-refractivity contribution < 1.29 is 0 Å². The highest BCUT2D eigenvalue weighted by Gasteiger charge is 2.01. The van der Waals surface area contributed by atoms with E-state index in [2.05, 4.69) is 18.2 Å². The van der Waals surface area contributed by atoms with E-state index in [0.29, 0.717) is 4.99 Å². The summed E-state index contributed by atoms with van der Waals surface area (Å²) in [5.74, 6) is 1.86. The van der Waals surface area contributed by atoms with E-state index in [4.69, 9.17) is 29.6 Å². The first-order chi connectivity index (χ1) is 9.16. The summed E-state index contributed by atoms with van der Waals surface area (Å²) in [7, 11) is 0. The lowest BCUT2D eigenvalue weighted by Crippen LogP contribution is -2.08. The quantitative estimate of drug-likeness (QED) is 0.829. The monoisotopic (exact) mass is 307 g/mol. The van der Waals surface area contributed by atoms with Gasteiger partial charge in [0.25, 0.3) is 0 Å². The molecular formula is C15H14ClNS2. The zero-order valence-electron chi connectivity index (χ0n) is 10.3. The van der Waals surface area contributed by atoms with Crippen LogP contribution in [0.3, 0.4) is 0 Å². The molecule has 2 aromatic carbocycles. The van der Waals surface area contributed by atoms with Crippen molar-refractivity contribution in [3.05, 3.63) is 70.2 Å². The van der Waals surface area contributed by atoms with E-state index in [9.17, 15) is 0 Å². The number of hydrogen-bond donors (Lipinski definition) is 1. The van der Waals surface area contributed by atoms with Crippen LogP contribution in [0.15, 0.2) is 48.5 Å². The zero-order chi connectivity index (χ0) is 13.7. The highest BCUT2D eigenvalue weighted by Crippen LogP contribution is 2.23. The van der Waals surface area contributed by atoms with Crippen LogP contribution in [0.2, 0.25) is 5.02 Å². The van der Waals surface area contributed by atoms with Gasteiger partial charge in [-0.1, -0.05) is 66.3 Å². The molecule has 0 atom stereocenters. The van der Waals surface area contributed by atoms with Crippen LogP contribution in [0.4, 0.5) is 0 Å². The standard InChI is InChI=1S/C15H14ClNS2/c16-14-4-2-1-3-13(14)10-19-9-11-5-7-12(8-6-11)15(17)18/h1-8H,9-10H2,(H2,17,18). The highest BCUT2D eigenvalue weighted by atomic mass is 35.5. The van der Waals surface area contributed by atoms with E-state index in [1.807, 2.05) is 42.1 Å². The molecule has 1 nitrogen and oxygen atoms in total. The Morgan fingerprint density at radius 3 is 2.37 bits per heavy atom. The molecule has 0 aliphatic carbocycles. The summed E-state index contributed by atoms with van der Waals surface area (Å²) in [6.45, 7) is 0. The highest BCUT2D eigenvalue weighted by molar-refractivity contribution is 7.97. The molecule has 0 saturated carbocycles. The molecule has 0 unspecified atom stereocenters. The average molecular weight is 308 g/mol. The lowest BCUT2D eigenvalue weighted by molar-refractivity contribution is 1.36. The SMILES string of the molecule is NC(=S)c1ccc(CSCc2ccccc2Cl)cc1. The molecule has 4 heteroatoms. The molecule has 0 aliphatic rings. The fourth-order valence-corrected chi connectivity index (χ4v) is 3.08. The van der Waals surface area contributed by atoms with Gasteiger partial charge in [-0.15, -0.1) is 0 Å². The third-order valence-corrected chi connectivity index (χ3v) is 4.38. The van der Waals surface area contributed by atoms with Crippen LogP contribution in [0, 0.1) is 0 Å². The van der Waals surface area contributed by atoms with Crippen molar-refractivity contribution in [2.24, 2.45) is 5.73 Å². The van der Waals surface area contributed by atoms with Gasteiger partial charge in [-0.25, -0.2) is 0 Å². The smallest absolute Gasteiger partial charge is 0.103 e. The molecule has 0 heterocycles. The Balaban J connectivity index is 1.89. The normalized spacial score (nSPS) is 10.4.